The zero-order valence-corrected chi connectivity index (χ0v) is 18.9. The molecule has 0 fully saturated rings. The van der Waals surface area contributed by atoms with Gasteiger partial charge in [0.25, 0.3) is 0 Å². The van der Waals surface area contributed by atoms with Crippen LogP contribution in [0.5, 0.6) is 11.5 Å². The number of hydrogen-bond acceptors (Lipinski definition) is 6. The van der Waals surface area contributed by atoms with Gasteiger partial charge in [0.05, 0.1) is 18.6 Å². The number of anilines is 1. The summed E-state index contributed by atoms with van der Waals surface area (Å²) in [6.45, 7) is 6.55. The van der Waals surface area contributed by atoms with Gasteiger partial charge < -0.3 is 14.8 Å². The van der Waals surface area contributed by atoms with Crippen LogP contribution in [-0.2, 0) is 17.9 Å². The maximum atomic E-state index is 12.5. The third-order valence-electron chi connectivity index (χ3n) is 4.32. The molecule has 3 aromatic rings. The van der Waals surface area contributed by atoms with Crippen molar-refractivity contribution in [2.24, 2.45) is 0 Å². The molecule has 7 nitrogen and oxygen atoms in total. The van der Waals surface area contributed by atoms with Gasteiger partial charge in [0.1, 0.15) is 18.1 Å². The van der Waals surface area contributed by atoms with E-state index in [0.29, 0.717) is 34.0 Å². The normalized spacial score (nSPS) is 10.5. The minimum Gasteiger partial charge on any atom is -0.495 e. The van der Waals surface area contributed by atoms with Crippen LogP contribution in [0.15, 0.2) is 60.3 Å². The number of hydrogen-bond donors (Lipinski definition) is 1. The van der Waals surface area contributed by atoms with Gasteiger partial charge in [-0.05, 0) is 36.8 Å². The number of para-hydroxylation sites is 1. The molecule has 1 amide bonds. The Morgan fingerprint density at radius 1 is 1.26 bits per heavy atom. The van der Waals surface area contributed by atoms with Crippen LogP contribution in [0.4, 0.5) is 5.69 Å². The van der Waals surface area contributed by atoms with E-state index in [-0.39, 0.29) is 18.3 Å². The second-order valence-electron chi connectivity index (χ2n) is 6.53. The van der Waals surface area contributed by atoms with Crippen molar-refractivity contribution >= 4 is 35.0 Å². The lowest BCUT2D eigenvalue weighted by atomic mass is 10.2. The highest BCUT2D eigenvalue weighted by atomic mass is 35.5. The SMILES string of the molecule is C=CCn1c(COc2ccccc2C)nnc1SCC(=O)Nc1cc(Cl)ccc1OC. The van der Waals surface area contributed by atoms with E-state index >= 15 is 0 Å². The number of nitrogens with zero attached hydrogens (tertiary/aromatic N) is 3. The lowest BCUT2D eigenvalue weighted by molar-refractivity contribution is -0.113. The first-order valence-electron chi connectivity index (χ1n) is 9.49. The minimum atomic E-state index is -0.212. The second-order valence-corrected chi connectivity index (χ2v) is 7.91. The first-order valence-corrected chi connectivity index (χ1v) is 10.9. The zero-order chi connectivity index (χ0) is 22.2. The molecule has 9 heteroatoms. The van der Waals surface area contributed by atoms with Crippen molar-refractivity contribution in [1.82, 2.24) is 14.8 Å². The van der Waals surface area contributed by atoms with Crippen LogP contribution in [-0.4, -0.2) is 33.5 Å². The third-order valence-corrected chi connectivity index (χ3v) is 5.53. The van der Waals surface area contributed by atoms with Gasteiger partial charge in [-0.15, -0.1) is 16.8 Å². The number of carbonyl (C=O) groups is 1. The fourth-order valence-electron chi connectivity index (χ4n) is 2.80. The maximum absolute atomic E-state index is 12.5. The van der Waals surface area contributed by atoms with Gasteiger partial charge in [0.2, 0.25) is 5.91 Å². The summed E-state index contributed by atoms with van der Waals surface area (Å²) in [6, 6.07) is 12.8. The van der Waals surface area contributed by atoms with E-state index in [1.54, 1.807) is 24.3 Å². The molecule has 0 aliphatic heterocycles. The molecule has 0 aliphatic rings. The molecule has 0 spiro atoms. The average molecular weight is 459 g/mol. The molecule has 162 valence electrons. The van der Waals surface area contributed by atoms with E-state index in [9.17, 15) is 4.79 Å². The van der Waals surface area contributed by atoms with E-state index in [4.69, 9.17) is 21.1 Å². The lowest BCUT2D eigenvalue weighted by Gasteiger charge is -2.11. The highest BCUT2D eigenvalue weighted by molar-refractivity contribution is 7.99. The van der Waals surface area contributed by atoms with Gasteiger partial charge in [0, 0.05) is 11.6 Å². The van der Waals surface area contributed by atoms with Gasteiger partial charge in [-0.3, -0.25) is 9.36 Å². The first kappa shape index (κ1) is 22.7. The number of thioether (sulfide) groups is 1. The largest absolute Gasteiger partial charge is 0.495 e. The maximum Gasteiger partial charge on any atom is 0.234 e. The highest BCUT2D eigenvalue weighted by Gasteiger charge is 2.15. The highest BCUT2D eigenvalue weighted by Crippen LogP contribution is 2.28. The summed E-state index contributed by atoms with van der Waals surface area (Å²) in [5.74, 6) is 1.91. The summed E-state index contributed by atoms with van der Waals surface area (Å²) in [5, 5.41) is 12.4. The van der Waals surface area contributed by atoms with E-state index < -0.39 is 0 Å². The summed E-state index contributed by atoms with van der Waals surface area (Å²) < 4.78 is 13.0. The molecule has 0 aliphatic carbocycles. The van der Waals surface area contributed by atoms with E-state index in [1.807, 2.05) is 35.8 Å². The number of aryl methyl sites for hydroxylation is 1. The van der Waals surface area contributed by atoms with Gasteiger partial charge in [-0.25, -0.2) is 0 Å². The van der Waals surface area contributed by atoms with Crippen molar-refractivity contribution in [3.63, 3.8) is 0 Å². The van der Waals surface area contributed by atoms with Crippen LogP contribution in [0.1, 0.15) is 11.4 Å². The molecule has 3 rings (SSSR count). The van der Waals surface area contributed by atoms with Crippen LogP contribution in [0.2, 0.25) is 5.02 Å². The molecule has 1 N–H and O–H groups in total. The van der Waals surface area contributed by atoms with Crippen molar-refractivity contribution in [2.45, 2.75) is 25.2 Å². The smallest absolute Gasteiger partial charge is 0.234 e. The Kier molecular flexibility index (Phi) is 7.97. The van der Waals surface area contributed by atoms with Crippen molar-refractivity contribution < 1.29 is 14.3 Å². The Morgan fingerprint density at radius 3 is 2.81 bits per heavy atom. The van der Waals surface area contributed by atoms with Crippen molar-refractivity contribution in [1.29, 1.82) is 0 Å². The number of ether oxygens (including phenoxy) is 2. The minimum absolute atomic E-state index is 0.142. The Bertz CT molecular complexity index is 1070. The molecule has 0 radical (unpaired) electrons. The predicted molar refractivity (Wildman–Crippen MR) is 123 cm³/mol. The quantitative estimate of drug-likeness (QED) is 0.349. The Labute approximate surface area is 190 Å². The van der Waals surface area contributed by atoms with Crippen LogP contribution in [0, 0.1) is 6.92 Å². The van der Waals surface area contributed by atoms with Crippen molar-refractivity contribution in [2.75, 3.05) is 18.2 Å². The van der Waals surface area contributed by atoms with Gasteiger partial charge >= 0.3 is 0 Å². The second kappa shape index (κ2) is 10.9. The number of allylic oxidation sites excluding steroid dienone is 1. The molecule has 1 aromatic heterocycles. The fourth-order valence-corrected chi connectivity index (χ4v) is 3.74. The number of amides is 1. The zero-order valence-electron chi connectivity index (χ0n) is 17.3. The molecule has 0 bridgehead atoms. The van der Waals surface area contributed by atoms with E-state index in [2.05, 4.69) is 22.1 Å². The number of benzene rings is 2. The number of halogens is 1. The van der Waals surface area contributed by atoms with Gasteiger partial charge in [0.15, 0.2) is 11.0 Å². The molecular formula is C22H23ClN4O3S. The number of nitrogens with one attached hydrogen (secondary N) is 1. The first-order chi connectivity index (χ1) is 15.0. The van der Waals surface area contributed by atoms with Gasteiger partial charge in [-0.2, -0.15) is 0 Å². The Morgan fingerprint density at radius 2 is 2.06 bits per heavy atom. The summed E-state index contributed by atoms with van der Waals surface area (Å²) in [6.07, 6.45) is 1.75. The number of aromatic nitrogens is 3. The van der Waals surface area contributed by atoms with E-state index in [1.165, 1.54) is 18.9 Å². The van der Waals surface area contributed by atoms with Crippen LogP contribution in [0.25, 0.3) is 0 Å². The number of rotatable bonds is 10. The van der Waals surface area contributed by atoms with Crippen LogP contribution < -0.4 is 14.8 Å². The molecule has 0 saturated heterocycles. The predicted octanol–water partition coefficient (Wildman–Crippen LogP) is 4.74. The monoisotopic (exact) mass is 458 g/mol. The molecule has 1 heterocycles. The van der Waals surface area contributed by atoms with Crippen molar-refractivity contribution in [3.05, 3.63) is 71.5 Å². The van der Waals surface area contributed by atoms with Crippen LogP contribution in [0.3, 0.4) is 0 Å². The molecule has 2 aromatic carbocycles. The fraction of sp³-hybridized carbons (Fsp3) is 0.227. The summed E-state index contributed by atoms with van der Waals surface area (Å²) >= 11 is 7.30. The molecule has 0 atom stereocenters. The summed E-state index contributed by atoms with van der Waals surface area (Å²) in [4.78, 5) is 12.5. The molecule has 0 saturated carbocycles. The standard InChI is InChI=1S/C22H23ClN4O3S/c1-4-11-27-20(13-30-18-8-6-5-7-15(18)2)25-26-22(27)31-14-21(28)24-17-12-16(23)9-10-19(17)29-3/h4-10,12H,1,11,13-14H2,2-3H3,(H,24,28). The third kappa shape index (κ3) is 6.02. The molecule has 31 heavy (non-hydrogen) atoms. The van der Waals surface area contributed by atoms with E-state index in [0.717, 1.165) is 11.3 Å². The average Bonchev–Trinajstić information content (AvgIpc) is 3.14. The molecule has 0 unspecified atom stereocenters. The summed E-state index contributed by atoms with van der Waals surface area (Å²) in [5.41, 5.74) is 1.56. The van der Waals surface area contributed by atoms with Crippen LogP contribution >= 0.6 is 23.4 Å². The number of methoxy groups -OCH3 is 1. The summed E-state index contributed by atoms with van der Waals surface area (Å²) in [7, 11) is 1.53. The molecular weight excluding hydrogens is 436 g/mol. The Balaban J connectivity index is 1.65. The number of carbonyl (C=O) groups excluding carboxylic acids is 1. The Hall–Kier alpha value is -2.97. The van der Waals surface area contributed by atoms with Gasteiger partial charge in [-0.1, -0.05) is 47.6 Å². The lowest BCUT2D eigenvalue weighted by Crippen LogP contribution is -2.15. The topological polar surface area (TPSA) is 78.3 Å². The van der Waals surface area contributed by atoms with Crippen molar-refractivity contribution in [3.8, 4) is 11.5 Å².